The van der Waals surface area contributed by atoms with Crippen molar-refractivity contribution in [3.05, 3.63) is 28.8 Å². The number of nitrogens with two attached hydrogens (primary N) is 1. The number of hydrogen-bond acceptors (Lipinski definition) is 2. The summed E-state index contributed by atoms with van der Waals surface area (Å²) < 4.78 is 5.56. The van der Waals surface area contributed by atoms with Gasteiger partial charge in [0.15, 0.2) is 0 Å². The molecule has 1 aliphatic rings. The van der Waals surface area contributed by atoms with E-state index in [4.69, 9.17) is 22.1 Å². The highest BCUT2D eigenvalue weighted by molar-refractivity contribution is 6.30. The van der Waals surface area contributed by atoms with Gasteiger partial charge < -0.3 is 10.5 Å². The van der Waals surface area contributed by atoms with E-state index in [-0.39, 0.29) is 0 Å². The molecular formula is C11H14ClNO. The summed E-state index contributed by atoms with van der Waals surface area (Å²) in [4.78, 5) is 0. The predicted molar refractivity (Wildman–Crippen MR) is 58.0 cm³/mol. The van der Waals surface area contributed by atoms with E-state index in [2.05, 4.69) is 0 Å². The van der Waals surface area contributed by atoms with Crippen molar-refractivity contribution in [2.24, 2.45) is 5.73 Å². The van der Waals surface area contributed by atoms with Crippen LogP contribution in [0.3, 0.4) is 0 Å². The summed E-state index contributed by atoms with van der Waals surface area (Å²) in [5, 5.41) is 0.774. The van der Waals surface area contributed by atoms with Gasteiger partial charge in [0.2, 0.25) is 0 Å². The topological polar surface area (TPSA) is 35.2 Å². The van der Waals surface area contributed by atoms with Gasteiger partial charge >= 0.3 is 0 Å². The first-order valence-electron chi connectivity index (χ1n) is 4.93. The maximum absolute atomic E-state index is 5.96. The fourth-order valence-corrected chi connectivity index (χ4v) is 2.12. The Labute approximate surface area is 89.0 Å². The van der Waals surface area contributed by atoms with Crippen molar-refractivity contribution in [2.45, 2.75) is 18.8 Å². The summed E-state index contributed by atoms with van der Waals surface area (Å²) >= 11 is 5.96. The summed E-state index contributed by atoms with van der Waals surface area (Å²) in [7, 11) is 0. The lowest BCUT2D eigenvalue weighted by Gasteiger charge is -2.25. The van der Waals surface area contributed by atoms with Crippen LogP contribution >= 0.6 is 11.6 Å². The molecule has 1 aromatic carbocycles. The van der Waals surface area contributed by atoms with Crippen LogP contribution in [-0.2, 0) is 0 Å². The molecule has 0 saturated heterocycles. The minimum Gasteiger partial charge on any atom is -0.493 e. The second-order valence-corrected chi connectivity index (χ2v) is 4.03. The minimum atomic E-state index is 0.516. The van der Waals surface area contributed by atoms with E-state index in [0.717, 1.165) is 36.8 Å². The summed E-state index contributed by atoms with van der Waals surface area (Å²) in [5.74, 6) is 1.49. The number of fused-ring (bicyclic) bond motifs is 1. The average molecular weight is 212 g/mol. The van der Waals surface area contributed by atoms with E-state index in [9.17, 15) is 0 Å². The Morgan fingerprint density at radius 3 is 3.14 bits per heavy atom. The monoisotopic (exact) mass is 211 g/mol. The molecule has 76 valence electrons. The van der Waals surface area contributed by atoms with Gasteiger partial charge in [-0.15, -0.1) is 0 Å². The standard InChI is InChI=1S/C11H14ClNO/c12-9-1-2-11-10(7-9)8(3-5-13)4-6-14-11/h1-2,7-8H,3-6,13H2. The zero-order valence-electron chi connectivity index (χ0n) is 8.00. The average Bonchev–Trinajstić information content (AvgIpc) is 2.19. The molecule has 2 N–H and O–H groups in total. The predicted octanol–water partition coefficient (Wildman–Crippen LogP) is 2.55. The summed E-state index contributed by atoms with van der Waals surface area (Å²) in [5.41, 5.74) is 6.80. The van der Waals surface area contributed by atoms with Crippen molar-refractivity contribution in [1.82, 2.24) is 0 Å². The largest absolute Gasteiger partial charge is 0.493 e. The summed E-state index contributed by atoms with van der Waals surface area (Å²) in [6.07, 6.45) is 2.06. The quantitative estimate of drug-likeness (QED) is 0.816. The zero-order valence-corrected chi connectivity index (χ0v) is 8.76. The van der Waals surface area contributed by atoms with Crippen LogP contribution in [0.25, 0.3) is 0 Å². The molecule has 1 aromatic rings. The number of rotatable bonds is 2. The maximum atomic E-state index is 5.96. The lowest BCUT2D eigenvalue weighted by Crippen LogP contribution is -2.17. The second-order valence-electron chi connectivity index (χ2n) is 3.59. The van der Waals surface area contributed by atoms with Crippen LogP contribution in [-0.4, -0.2) is 13.2 Å². The van der Waals surface area contributed by atoms with Crippen molar-refractivity contribution in [3.63, 3.8) is 0 Å². The van der Waals surface area contributed by atoms with Gasteiger partial charge in [-0.25, -0.2) is 0 Å². The Morgan fingerprint density at radius 2 is 2.36 bits per heavy atom. The molecule has 0 spiro atoms. The van der Waals surface area contributed by atoms with Crippen LogP contribution in [0, 0.1) is 0 Å². The molecule has 0 bridgehead atoms. The normalized spacial score (nSPS) is 20.0. The summed E-state index contributed by atoms with van der Waals surface area (Å²) in [6.45, 7) is 1.51. The van der Waals surface area contributed by atoms with Gasteiger partial charge in [-0.2, -0.15) is 0 Å². The van der Waals surface area contributed by atoms with E-state index in [1.54, 1.807) is 0 Å². The Kier molecular flexibility index (Phi) is 2.94. The van der Waals surface area contributed by atoms with Gasteiger partial charge in [-0.05, 0) is 49.1 Å². The second kappa shape index (κ2) is 4.20. The highest BCUT2D eigenvalue weighted by atomic mass is 35.5. The van der Waals surface area contributed by atoms with Gasteiger partial charge in [0, 0.05) is 5.02 Å². The maximum Gasteiger partial charge on any atom is 0.122 e. The number of halogens is 1. The molecule has 0 aromatic heterocycles. The van der Waals surface area contributed by atoms with Crippen LogP contribution < -0.4 is 10.5 Å². The van der Waals surface area contributed by atoms with Crippen LogP contribution in [0.1, 0.15) is 24.3 Å². The molecule has 2 nitrogen and oxygen atoms in total. The molecule has 0 aliphatic carbocycles. The molecule has 3 heteroatoms. The lowest BCUT2D eigenvalue weighted by molar-refractivity contribution is 0.264. The first-order valence-corrected chi connectivity index (χ1v) is 5.31. The van der Waals surface area contributed by atoms with Crippen molar-refractivity contribution in [1.29, 1.82) is 0 Å². The molecule has 1 unspecified atom stereocenters. The molecule has 0 radical (unpaired) electrons. The van der Waals surface area contributed by atoms with Gasteiger partial charge in [0.25, 0.3) is 0 Å². The highest BCUT2D eigenvalue weighted by Crippen LogP contribution is 2.36. The van der Waals surface area contributed by atoms with Gasteiger partial charge in [0.05, 0.1) is 6.61 Å². The SMILES string of the molecule is NCCC1CCOc2ccc(Cl)cc21. The fraction of sp³-hybridized carbons (Fsp3) is 0.455. The molecule has 1 atom stereocenters. The van der Waals surface area contributed by atoms with E-state index in [1.165, 1.54) is 5.56 Å². The van der Waals surface area contributed by atoms with Crippen molar-refractivity contribution in [2.75, 3.05) is 13.2 Å². The number of ether oxygens (including phenoxy) is 1. The van der Waals surface area contributed by atoms with Gasteiger partial charge in [-0.1, -0.05) is 11.6 Å². The third kappa shape index (κ3) is 1.86. The third-order valence-corrected chi connectivity index (χ3v) is 2.89. The van der Waals surface area contributed by atoms with Crippen LogP contribution in [0.15, 0.2) is 18.2 Å². The molecule has 0 fully saturated rings. The molecule has 1 heterocycles. The molecule has 0 saturated carbocycles. The van der Waals surface area contributed by atoms with Crippen molar-refractivity contribution in [3.8, 4) is 5.75 Å². The lowest BCUT2D eigenvalue weighted by atomic mass is 9.90. The minimum absolute atomic E-state index is 0.516. The Bertz CT molecular complexity index is 327. The smallest absolute Gasteiger partial charge is 0.122 e. The Balaban J connectivity index is 2.32. The number of benzene rings is 1. The van der Waals surface area contributed by atoms with Gasteiger partial charge in [0.1, 0.15) is 5.75 Å². The molecule has 2 rings (SSSR count). The van der Waals surface area contributed by atoms with Crippen LogP contribution in [0.2, 0.25) is 5.02 Å². The highest BCUT2D eigenvalue weighted by Gasteiger charge is 2.20. The van der Waals surface area contributed by atoms with E-state index in [0.29, 0.717) is 5.92 Å². The molecule has 0 amide bonds. The Hall–Kier alpha value is -0.730. The van der Waals surface area contributed by atoms with Crippen LogP contribution in [0.4, 0.5) is 0 Å². The molecule has 1 aliphatic heterocycles. The van der Waals surface area contributed by atoms with E-state index < -0.39 is 0 Å². The van der Waals surface area contributed by atoms with Crippen molar-refractivity contribution < 1.29 is 4.74 Å². The zero-order chi connectivity index (χ0) is 9.97. The van der Waals surface area contributed by atoms with Gasteiger partial charge in [-0.3, -0.25) is 0 Å². The van der Waals surface area contributed by atoms with Crippen molar-refractivity contribution >= 4 is 11.6 Å². The number of hydrogen-bond donors (Lipinski definition) is 1. The third-order valence-electron chi connectivity index (χ3n) is 2.65. The summed E-state index contributed by atoms with van der Waals surface area (Å²) in [6, 6.07) is 5.81. The first-order chi connectivity index (χ1) is 6.81. The Morgan fingerprint density at radius 1 is 1.50 bits per heavy atom. The fourth-order valence-electron chi connectivity index (χ4n) is 1.94. The van der Waals surface area contributed by atoms with E-state index >= 15 is 0 Å². The molecule has 14 heavy (non-hydrogen) atoms. The molecular weight excluding hydrogens is 198 g/mol. The van der Waals surface area contributed by atoms with E-state index in [1.807, 2.05) is 18.2 Å². The van der Waals surface area contributed by atoms with Crippen LogP contribution in [0.5, 0.6) is 5.75 Å². The first kappa shape index (κ1) is 9.81.